The third-order valence-corrected chi connectivity index (χ3v) is 1.48. The van der Waals surface area contributed by atoms with Crippen LogP contribution in [0.2, 0.25) is 0 Å². The molecule has 2 aromatic heterocycles. The number of pyridine rings is 1. The Labute approximate surface area is 81.0 Å². The molecule has 0 saturated heterocycles. The minimum absolute atomic E-state index is 0. The maximum absolute atomic E-state index is 5.54. The van der Waals surface area contributed by atoms with Crippen molar-refractivity contribution in [1.29, 1.82) is 0 Å². The minimum Gasteiger partial charge on any atom is -0.368 e. The van der Waals surface area contributed by atoms with Crippen molar-refractivity contribution in [3.8, 4) is 5.69 Å². The second-order valence-electron chi connectivity index (χ2n) is 2.24. The number of aromatic nitrogens is 4. The van der Waals surface area contributed by atoms with E-state index in [1.807, 2.05) is 12.1 Å². The van der Waals surface area contributed by atoms with Gasteiger partial charge in [-0.25, -0.2) is 0 Å². The molecule has 0 spiro atoms. The molecule has 0 aliphatic rings. The van der Waals surface area contributed by atoms with Crippen LogP contribution < -0.4 is 5.73 Å². The lowest BCUT2D eigenvalue weighted by atomic mass is 10.4. The van der Waals surface area contributed by atoms with Crippen molar-refractivity contribution in [2.75, 3.05) is 5.73 Å². The van der Waals surface area contributed by atoms with Gasteiger partial charge < -0.3 is 5.73 Å². The lowest BCUT2D eigenvalue weighted by molar-refractivity contribution is 0.887. The van der Waals surface area contributed by atoms with E-state index in [4.69, 9.17) is 5.73 Å². The largest absolute Gasteiger partial charge is 0.368 e. The molecule has 0 unspecified atom stereocenters. The predicted molar refractivity (Wildman–Crippen MR) is 50.8 cm³/mol. The summed E-state index contributed by atoms with van der Waals surface area (Å²) in [5.41, 5.74) is 6.40. The van der Waals surface area contributed by atoms with Gasteiger partial charge in [0.15, 0.2) is 0 Å². The smallest absolute Gasteiger partial charge is 0.223 e. The number of hydrogen-bond acceptors (Lipinski definition) is 4. The zero-order chi connectivity index (χ0) is 8.39. The summed E-state index contributed by atoms with van der Waals surface area (Å²) >= 11 is 0. The highest BCUT2D eigenvalue weighted by Crippen LogP contribution is 2.06. The van der Waals surface area contributed by atoms with Crippen molar-refractivity contribution >= 4 is 18.4 Å². The zero-order valence-electron chi connectivity index (χ0n) is 6.66. The van der Waals surface area contributed by atoms with Gasteiger partial charge >= 0.3 is 0 Å². The molecule has 0 aromatic carbocycles. The normalized spacial score (nSPS) is 9.23. The van der Waals surface area contributed by atoms with Gasteiger partial charge in [-0.1, -0.05) is 0 Å². The Morgan fingerprint density at radius 3 is 2.46 bits per heavy atom. The average molecular weight is 198 g/mol. The molecule has 6 heteroatoms. The average Bonchev–Trinajstić information content (AvgIpc) is 2.53. The molecular weight excluding hydrogens is 190 g/mol. The number of halogens is 1. The molecule has 0 radical (unpaired) electrons. The van der Waals surface area contributed by atoms with Gasteiger partial charge in [0.05, 0.1) is 5.69 Å². The molecule has 0 saturated carbocycles. The first-order valence-electron chi connectivity index (χ1n) is 3.44. The van der Waals surface area contributed by atoms with Crippen LogP contribution in [-0.4, -0.2) is 19.7 Å². The predicted octanol–water partition coefficient (Wildman–Crippen LogP) is 0.666. The molecule has 68 valence electrons. The van der Waals surface area contributed by atoms with E-state index in [0.717, 1.165) is 5.69 Å². The van der Waals surface area contributed by atoms with Crippen molar-refractivity contribution < 1.29 is 0 Å². The molecular formula is C7H8ClN5. The third kappa shape index (κ3) is 1.75. The Morgan fingerprint density at radius 2 is 1.92 bits per heavy atom. The number of nitrogens with zero attached hydrogens (tertiary/aromatic N) is 4. The molecule has 0 bridgehead atoms. The van der Waals surface area contributed by atoms with E-state index < -0.39 is 0 Å². The molecule has 0 aliphatic heterocycles. The summed E-state index contributed by atoms with van der Waals surface area (Å²) in [6.07, 6.45) is 4.77. The molecule has 5 nitrogen and oxygen atoms in total. The quantitative estimate of drug-likeness (QED) is 0.730. The summed E-state index contributed by atoms with van der Waals surface area (Å²) in [6.45, 7) is 0. The summed E-state index contributed by atoms with van der Waals surface area (Å²) in [4.78, 5) is 7.68. The SMILES string of the molecule is Cl.Nc1ncnn1-c1ccncc1. The van der Waals surface area contributed by atoms with E-state index in [1.165, 1.54) is 6.33 Å². The lowest BCUT2D eigenvalue weighted by Gasteiger charge is -1.99. The van der Waals surface area contributed by atoms with Crippen molar-refractivity contribution in [2.24, 2.45) is 0 Å². The number of hydrogen-bond donors (Lipinski definition) is 1. The van der Waals surface area contributed by atoms with Crippen LogP contribution in [0.25, 0.3) is 5.69 Å². The van der Waals surface area contributed by atoms with Crippen LogP contribution in [0.3, 0.4) is 0 Å². The maximum atomic E-state index is 5.54. The summed E-state index contributed by atoms with van der Waals surface area (Å²) in [5, 5.41) is 3.94. The molecule has 0 atom stereocenters. The molecule has 2 rings (SSSR count). The van der Waals surface area contributed by atoms with Crippen LogP contribution in [0.15, 0.2) is 30.9 Å². The third-order valence-electron chi connectivity index (χ3n) is 1.48. The van der Waals surface area contributed by atoms with E-state index >= 15 is 0 Å². The van der Waals surface area contributed by atoms with Crippen LogP contribution in [0.4, 0.5) is 5.95 Å². The first-order valence-corrected chi connectivity index (χ1v) is 3.44. The standard InChI is InChI=1S/C7H7N5.ClH/c8-7-10-5-11-12(7)6-1-3-9-4-2-6;/h1-5H,(H2,8,10,11);1H. The van der Waals surface area contributed by atoms with Crippen LogP contribution in [0.5, 0.6) is 0 Å². The number of nitrogens with two attached hydrogens (primary N) is 1. The summed E-state index contributed by atoms with van der Waals surface area (Å²) in [5.74, 6) is 0.376. The zero-order valence-corrected chi connectivity index (χ0v) is 7.48. The molecule has 0 aliphatic carbocycles. The summed E-state index contributed by atoms with van der Waals surface area (Å²) in [7, 11) is 0. The first-order chi connectivity index (χ1) is 5.88. The van der Waals surface area contributed by atoms with Gasteiger partial charge in [-0.2, -0.15) is 14.8 Å². The molecule has 13 heavy (non-hydrogen) atoms. The Bertz CT molecular complexity index is 371. The van der Waals surface area contributed by atoms with Crippen molar-refractivity contribution in [3.63, 3.8) is 0 Å². The van der Waals surface area contributed by atoms with Crippen LogP contribution in [-0.2, 0) is 0 Å². The fourth-order valence-corrected chi connectivity index (χ4v) is 0.935. The Morgan fingerprint density at radius 1 is 1.23 bits per heavy atom. The maximum Gasteiger partial charge on any atom is 0.223 e. The number of anilines is 1. The molecule has 2 N–H and O–H groups in total. The van der Waals surface area contributed by atoms with Gasteiger partial charge in [0.2, 0.25) is 5.95 Å². The fraction of sp³-hybridized carbons (Fsp3) is 0. The second-order valence-corrected chi connectivity index (χ2v) is 2.24. The monoisotopic (exact) mass is 197 g/mol. The lowest BCUT2D eigenvalue weighted by Crippen LogP contribution is -2.01. The number of nitrogen functional groups attached to an aromatic ring is 1. The summed E-state index contributed by atoms with van der Waals surface area (Å²) in [6, 6.07) is 3.62. The van der Waals surface area contributed by atoms with Gasteiger partial charge in [0, 0.05) is 12.4 Å². The Hall–Kier alpha value is -1.62. The van der Waals surface area contributed by atoms with Gasteiger partial charge in [0.25, 0.3) is 0 Å². The van der Waals surface area contributed by atoms with Gasteiger partial charge in [0.1, 0.15) is 6.33 Å². The van der Waals surface area contributed by atoms with Gasteiger partial charge in [-0.15, -0.1) is 12.4 Å². The first kappa shape index (κ1) is 9.47. The highest BCUT2D eigenvalue weighted by atomic mass is 35.5. The Balaban J connectivity index is 0.000000845. The topological polar surface area (TPSA) is 69.6 Å². The van der Waals surface area contributed by atoms with Crippen LogP contribution in [0, 0.1) is 0 Å². The van der Waals surface area contributed by atoms with E-state index in [9.17, 15) is 0 Å². The highest BCUT2D eigenvalue weighted by Gasteiger charge is 1.99. The highest BCUT2D eigenvalue weighted by molar-refractivity contribution is 5.85. The van der Waals surface area contributed by atoms with E-state index in [1.54, 1.807) is 17.1 Å². The van der Waals surface area contributed by atoms with Gasteiger partial charge in [-0.3, -0.25) is 4.98 Å². The summed E-state index contributed by atoms with van der Waals surface area (Å²) < 4.78 is 1.54. The van der Waals surface area contributed by atoms with Crippen LogP contribution >= 0.6 is 12.4 Å². The van der Waals surface area contributed by atoms with E-state index in [-0.39, 0.29) is 12.4 Å². The van der Waals surface area contributed by atoms with E-state index in [0.29, 0.717) is 5.95 Å². The Kier molecular flexibility index (Phi) is 2.81. The van der Waals surface area contributed by atoms with Gasteiger partial charge in [-0.05, 0) is 12.1 Å². The molecule has 2 heterocycles. The van der Waals surface area contributed by atoms with Crippen LogP contribution in [0.1, 0.15) is 0 Å². The van der Waals surface area contributed by atoms with Crippen molar-refractivity contribution in [3.05, 3.63) is 30.9 Å². The minimum atomic E-state index is 0. The van der Waals surface area contributed by atoms with Crippen molar-refractivity contribution in [2.45, 2.75) is 0 Å². The van der Waals surface area contributed by atoms with Crippen molar-refractivity contribution in [1.82, 2.24) is 19.7 Å². The second kappa shape index (κ2) is 3.86. The fourth-order valence-electron chi connectivity index (χ4n) is 0.935. The van der Waals surface area contributed by atoms with E-state index in [2.05, 4.69) is 15.1 Å². The molecule has 2 aromatic rings. The molecule has 0 fully saturated rings. The molecule has 0 amide bonds. The number of rotatable bonds is 1.